The van der Waals surface area contributed by atoms with Crippen LogP contribution in [-0.4, -0.2) is 34.2 Å². The van der Waals surface area contributed by atoms with Crippen LogP contribution in [0.1, 0.15) is 42.5 Å². The van der Waals surface area contributed by atoms with Crippen LogP contribution in [0.4, 0.5) is 5.69 Å². The van der Waals surface area contributed by atoms with Gasteiger partial charge in [-0.15, -0.1) is 0 Å². The molecule has 158 valence electrons. The Morgan fingerprint density at radius 3 is 2.21 bits per heavy atom. The van der Waals surface area contributed by atoms with Crippen molar-refractivity contribution in [2.24, 2.45) is 0 Å². The summed E-state index contributed by atoms with van der Waals surface area (Å²) in [6, 6.07) is 8.22. The number of rotatable bonds is 7. The monoisotopic (exact) mass is 436 g/mol. The van der Waals surface area contributed by atoms with Crippen molar-refractivity contribution in [1.29, 1.82) is 0 Å². The summed E-state index contributed by atoms with van der Waals surface area (Å²) >= 11 is 0. The molecule has 29 heavy (non-hydrogen) atoms. The van der Waals surface area contributed by atoms with Crippen LogP contribution in [0.25, 0.3) is 0 Å². The molecule has 8 heteroatoms. The molecule has 1 N–H and O–H groups in total. The maximum absolute atomic E-state index is 13.0. The first-order valence-corrected chi connectivity index (χ1v) is 12.8. The van der Waals surface area contributed by atoms with Gasteiger partial charge in [0.05, 0.1) is 15.5 Å². The number of nitrogens with zero attached hydrogens (tertiary/aromatic N) is 1. The molecule has 0 aromatic heterocycles. The Morgan fingerprint density at radius 2 is 1.55 bits per heavy atom. The van der Waals surface area contributed by atoms with Crippen molar-refractivity contribution in [3.8, 4) is 0 Å². The Hall–Kier alpha value is -1.90. The molecule has 0 bridgehead atoms. The molecular weight excluding hydrogens is 408 g/mol. The lowest BCUT2D eigenvalue weighted by Crippen LogP contribution is -2.30. The van der Waals surface area contributed by atoms with Gasteiger partial charge in [0.15, 0.2) is 0 Å². The van der Waals surface area contributed by atoms with Crippen molar-refractivity contribution in [2.45, 2.75) is 56.7 Å². The lowest BCUT2D eigenvalue weighted by atomic mass is 10.1. The third kappa shape index (κ3) is 4.20. The molecule has 0 saturated heterocycles. The highest BCUT2D eigenvalue weighted by Gasteiger charge is 2.25. The summed E-state index contributed by atoms with van der Waals surface area (Å²) in [5.41, 5.74) is 3.97. The molecule has 2 aromatic rings. The van der Waals surface area contributed by atoms with E-state index in [1.165, 1.54) is 15.9 Å². The molecule has 0 atom stereocenters. The number of anilines is 1. The fraction of sp³-hybridized carbons (Fsp3) is 0.429. The second-order valence-electron chi connectivity index (χ2n) is 7.39. The number of nitrogens with one attached hydrogen (secondary N) is 1. The minimum absolute atomic E-state index is 0.0935. The van der Waals surface area contributed by atoms with Gasteiger partial charge in [0, 0.05) is 13.1 Å². The van der Waals surface area contributed by atoms with Crippen LogP contribution in [-0.2, 0) is 32.9 Å². The Morgan fingerprint density at radius 1 is 0.897 bits per heavy atom. The Labute approximate surface area is 174 Å². The highest BCUT2D eigenvalue weighted by atomic mass is 32.2. The molecule has 2 aromatic carbocycles. The van der Waals surface area contributed by atoms with Gasteiger partial charge in [0.2, 0.25) is 10.0 Å². The molecule has 0 fully saturated rings. The van der Waals surface area contributed by atoms with E-state index in [9.17, 15) is 16.8 Å². The molecule has 1 aliphatic carbocycles. The molecule has 0 radical (unpaired) electrons. The smallest absolute Gasteiger partial charge is 0.261 e. The van der Waals surface area contributed by atoms with Crippen molar-refractivity contribution in [3.63, 3.8) is 0 Å². The van der Waals surface area contributed by atoms with Gasteiger partial charge in [-0.05, 0) is 79.6 Å². The lowest BCUT2D eigenvalue weighted by molar-refractivity contribution is 0.445. The molecular formula is C21H28N2O4S2. The SMILES string of the molecule is CCN(CC)S(=O)(=O)c1cc(C)c(C)c(NS(=O)(=O)c2ccc3c(c2)CCC3)c1. The Balaban J connectivity index is 2.02. The summed E-state index contributed by atoms with van der Waals surface area (Å²) in [6.45, 7) is 7.82. The topological polar surface area (TPSA) is 83.6 Å². The van der Waals surface area contributed by atoms with E-state index in [1.54, 1.807) is 45.9 Å². The minimum atomic E-state index is -3.83. The first-order valence-electron chi connectivity index (χ1n) is 9.86. The molecule has 6 nitrogen and oxygen atoms in total. The van der Waals surface area contributed by atoms with Crippen LogP contribution < -0.4 is 4.72 Å². The molecule has 0 heterocycles. The number of sulfonamides is 2. The zero-order valence-electron chi connectivity index (χ0n) is 17.3. The number of fused-ring (bicyclic) bond motifs is 1. The number of hydrogen-bond acceptors (Lipinski definition) is 4. The first kappa shape index (κ1) is 21.8. The summed E-state index contributed by atoms with van der Waals surface area (Å²) in [5.74, 6) is 0. The number of aryl methyl sites for hydroxylation is 3. The summed E-state index contributed by atoms with van der Waals surface area (Å²) in [5, 5.41) is 0. The fourth-order valence-corrected chi connectivity index (χ4v) is 6.45. The van der Waals surface area contributed by atoms with E-state index in [0.717, 1.165) is 24.8 Å². The predicted molar refractivity (Wildman–Crippen MR) is 115 cm³/mol. The van der Waals surface area contributed by atoms with Gasteiger partial charge in [0.25, 0.3) is 10.0 Å². The molecule has 0 aliphatic heterocycles. The summed E-state index contributed by atoms with van der Waals surface area (Å²) in [4.78, 5) is 0.295. The van der Waals surface area contributed by atoms with Gasteiger partial charge >= 0.3 is 0 Å². The standard InChI is InChI=1S/C21H28N2O4S2/c1-5-23(6-2)29(26,27)20-12-15(3)16(4)21(14-20)22-28(24,25)19-11-10-17-8-7-9-18(17)13-19/h10-14,22H,5-9H2,1-4H3. The van der Waals surface area contributed by atoms with Crippen LogP contribution in [0, 0.1) is 13.8 Å². The molecule has 0 spiro atoms. The largest absolute Gasteiger partial charge is 0.279 e. The highest BCUT2D eigenvalue weighted by Crippen LogP contribution is 2.30. The van der Waals surface area contributed by atoms with E-state index in [0.29, 0.717) is 24.2 Å². The van der Waals surface area contributed by atoms with Gasteiger partial charge in [0.1, 0.15) is 0 Å². The summed E-state index contributed by atoms with van der Waals surface area (Å²) in [6.07, 6.45) is 2.90. The first-order chi connectivity index (χ1) is 13.6. The van der Waals surface area contributed by atoms with E-state index >= 15 is 0 Å². The van der Waals surface area contributed by atoms with Crippen molar-refractivity contribution >= 4 is 25.7 Å². The quantitative estimate of drug-likeness (QED) is 0.718. The zero-order chi connectivity index (χ0) is 21.4. The fourth-order valence-electron chi connectivity index (χ4n) is 3.71. The van der Waals surface area contributed by atoms with Crippen LogP contribution in [0.5, 0.6) is 0 Å². The molecule has 3 rings (SSSR count). The van der Waals surface area contributed by atoms with E-state index in [4.69, 9.17) is 0 Å². The van der Waals surface area contributed by atoms with E-state index in [2.05, 4.69) is 4.72 Å². The van der Waals surface area contributed by atoms with Gasteiger partial charge in [-0.25, -0.2) is 16.8 Å². The van der Waals surface area contributed by atoms with Crippen molar-refractivity contribution in [2.75, 3.05) is 17.8 Å². The molecule has 0 amide bonds. The van der Waals surface area contributed by atoms with Gasteiger partial charge in [-0.1, -0.05) is 19.9 Å². The molecule has 0 unspecified atom stereocenters. The second-order valence-corrected chi connectivity index (χ2v) is 11.0. The third-order valence-electron chi connectivity index (χ3n) is 5.61. The average Bonchev–Trinajstić information content (AvgIpc) is 3.13. The number of hydrogen-bond donors (Lipinski definition) is 1. The molecule has 1 aliphatic rings. The third-order valence-corrected chi connectivity index (χ3v) is 9.00. The molecule has 0 saturated carbocycles. The van der Waals surface area contributed by atoms with E-state index < -0.39 is 20.0 Å². The van der Waals surface area contributed by atoms with Gasteiger partial charge in [-0.3, -0.25) is 4.72 Å². The van der Waals surface area contributed by atoms with E-state index in [-0.39, 0.29) is 15.5 Å². The lowest BCUT2D eigenvalue weighted by Gasteiger charge is -2.21. The predicted octanol–water partition coefficient (Wildman–Crippen LogP) is 3.62. The van der Waals surface area contributed by atoms with Crippen LogP contribution in [0.2, 0.25) is 0 Å². The summed E-state index contributed by atoms with van der Waals surface area (Å²) < 4.78 is 55.8. The van der Waals surface area contributed by atoms with Gasteiger partial charge < -0.3 is 0 Å². The van der Waals surface area contributed by atoms with Crippen LogP contribution in [0.3, 0.4) is 0 Å². The Kier molecular flexibility index (Phi) is 6.08. The second kappa shape index (κ2) is 8.08. The van der Waals surface area contributed by atoms with Crippen molar-refractivity contribution in [1.82, 2.24) is 4.31 Å². The maximum Gasteiger partial charge on any atom is 0.261 e. The van der Waals surface area contributed by atoms with Crippen molar-refractivity contribution < 1.29 is 16.8 Å². The zero-order valence-corrected chi connectivity index (χ0v) is 19.0. The number of benzene rings is 2. The Bertz CT molecular complexity index is 1140. The maximum atomic E-state index is 13.0. The van der Waals surface area contributed by atoms with Crippen LogP contribution >= 0.6 is 0 Å². The van der Waals surface area contributed by atoms with Crippen LogP contribution in [0.15, 0.2) is 40.1 Å². The summed E-state index contributed by atoms with van der Waals surface area (Å²) in [7, 11) is -7.52. The van der Waals surface area contributed by atoms with Crippen molar-refractivity contribution in [3.05, 3.63) is 52.6 Å². The average molecular weight is 437 g/mol. The highest BCUT2D eigenvalue weighted by molar-refractivity contribution is 7.92. The minimum Gasteiger partial charge on any atom is -0.279 e. The van der Waals surface area contributed by atoms with Gasteiger partial charge in [-0.2, -0.15) is 4.31 Å². The van der Waals surface area contributed by atoms with E-state index in [1.807, 2.05) is 6.07 Å². The normalized spacial score (nSPS) is 14.2.